The lowest BCUT2D eigenvalue weighted by molar-refractivity contribution is -0.151. The number of halogens is 1. The van der Waals surface area contributed by atoms with Crippen LogP contribution in [0.1, 0.15) is 25.8 Å². The number of aryl methyl sites for hydroxylation is 1. The zero-order valence-corrected chi connectivity index (χ0v) is 14.8. The lowest BCUT2D eigenvalue weighted by Gasteiger charge is -2.21. The number of esters is 1. The van der Waals surface area contributed by atoms with Gasteiger partial charge in [-0.05, 0) is 38.8 Å². The van der Waals surface area contributed by atoms with Crippen molar-refractivity contribution in [3.05, 3.63) is 22.7 Å². The Bertz CT molecular complexity index is 588. The van der Waals surface area contributed by atoms with Gasteiger partial charge in [0, 0.05) is 12.6 Å². The van der Waals surface area contributed by atoms with Gasteiger partial charge < -0.3 is 20.1 Å². The van der Waals surface area contributed by atoms with E-state index < -0.39 is 11.4 Å². The van der Waals surface area contributed by atoms with E-state index >= 15 is 0 Å². The molecule has 0 aromatic heterocycles. The van der Waals surface area contributed by atoms with Crippen molar-refractivity contribution < 1.29 is 19.1 Å². The first-order valence-electron chi connectivity index (χ1n) is 7.18. The van der Waals surface area contributed by atoms with Crippen LogP contribution < -0.4 is 15.4 Å². The van der Waals surface area contributed by atoms with Crippen LogP contribution in [0, 0.1) is 12.3 Å². The van der Waals surface area contributed by atoms with Crippen molar-refractivity contribution in [1.29, 1.82) is 0 Å². The summed E-state index contributed by atoms with van der Waals surface area (Å²) in [7, 11) is 2.90. The normalized spacial score (nSPS) is 10.9. The van der Waals surface area contributed by atoms with Gasteiger partial charge in [-0.25, -0.2) is 4.79 Å². The van der Waals surface area contributed by atoms with E-state index in [4.69, 9.17) is 21.1 Å². The quantitative estimate of drug-likeness (QED) is 0.777. The number of amides is 2. The van der Waals surface area contributed by atoms with Crippen molar-refractivity contribution >= 4 is 29.3 Å². The molecule has 1 aromatic rings. The summed E-state index contributed by atoms with van der Waals surface area (Å²) in [5.74, 6) is 0.342. The largest absolute Gasteiger partial charge is 0.496 e. The molecule has 0 saturated carbocycles. The van der Waals surface area contributed by atoms with Gasteiger partial charge in [0.2, 0.25) is 0 Å². The first-order valence-corrected chi connectivity index (χ1v) is 7.56. The van der Waals surface area contributed by atoms with Crippen LogP contribution in [0.4, 0.5) is 10.5 Å². The molecule has 0 fully saturated rings. The number of rotatable bonds is 6. The Morgan fingerprint density at radius 3 is 2.48 bits per heavy atom. The highest BCUT2D eigenvalue weighted by Crippen LogP contribution is 2.30. The van der Waals surface area contributed by atoms with E-state index in [1.54, 1.807) is 33.1 Å². The number of carbonyl (C=O) groups is 2. The molecule has 0 unspecified atom stereocenters. The van der Waals surface area contributed by atoms with Crippen LogP contribution >= 0.6 is 11.6 Å². The smallest absolute Gasteiger partial charge is 0.319 e. The molecule has 0 spiro atoms. The average molecular weight is 343 g/mol. The highest BCUT2D eigenvalue weighted by atomic mass is 35.5. The second kappa shape index (κ2) is 8.06. The van der Waals surface area contributed by atoms with Crippen LogP contribution in [0.15, 0.2) is 12.1 Å². The maximum atomic E-state index is 11.9. The van der Waals surface area contributed by atoms with Crippen molar-refractivity contribution in [2.75, 3.05) is 26.1 Å². The van der Waals surface area contributed by atoms with Crippen LogP contribution in [0.2, 0.25) is 5.02 Å². The molecule has 0 atom stereocenters. The lowest BCUT2D eigenvalue weighted by Crippen LogP contribution is -2.34. The molecule has 0 aliphatic rings. The number of ether oxygens (including phenoxy) is 2. The molecule has 0 aliphatic heterocycles. The first-order chi connectivity index (χ1) is 10.7. The molecule has 0 aliphatic carbocycles. The minimum Gasteiger partial charge on any atom is -0.496 e. The van der Waals surface area contributed by atoms with Crippen LogP contribution in [-0.4, -0.2) is 32.8 Å². The molecule has 7 heteroatoms. The van der Waals surface area contributed by atoms with E-state index in [0.717, 1.165) is 5.56 Å². The molecule has 1 rings (SSSR count). The van der Waals surface area contributed by atoms with Crippen LogP contribution in [0.25, 0.3) is 0 Å². The SMILES string of the molecule is COC(=O)C(C)(C)CCNC(=O)Nc1cc(C)c(OC)cc1Cl. The highest BCUT2D eigenvalue weighted by Gasteiger charge is 2.28. The fourth-order valence-electron chi connectivity index (χ4n) is 2.01. The minimum atomic E-state index is -0.656. The summed E-state index contributed by atoms with van der Waals surface area (Å²) < 4.78 is 9.89. The number of urea groups is 1. The lowest BCUT2D eigenvalue weighted by atomic mass is 9.89. The van der Waals surface area contributed by atoms with E-state index in [-0.39, 0.29) is 5.97 Å². The van der Waals surface area contributed by atoms with Gasteiger partial charge in [-0.1, -0.05) is 11.6 Å². The highest BCUT2D eigenvalue weighted by molar-refractivity contribution is 6.33. The fraction of sp³-hybridized carbons (Fsp3) is 0.500. The average Bonchev–Trinajstić information content (AvgIpc) is 2.49. The molecule has 0 radical (unpaired) electrons. The van der Waals surface area contributed by atoms with Gasteiger partial charge in [0.1, 0.15) is 5.75 Å². The molecule has 23 heavy (non-hydrogen) atoms. The summed E-state index contributed by atoms with van der Waals surface area (Å²) in [6, 6.07) is 2.99. The van der Waals surface area contributed by atoms with E-state index in [1.807, 2.05) is 6.92 Å². The summed E-state index contributed by atoms with van der Waals surface area (Å²) in [6.45, 7) is 5.72. The second-order valence-electron chi connectivity index (χ2n) is 5.81. The topological polar surface area (TPSA) is 76.7 Å². The van der Waals surface area contributed by atoms with E-state index in [1.165, 1.54) is 7.11 Å². The summed E-state index contributed by atoms with van der Waals surface area (Å²) in [5.41, 5.74) is 0.699. The van der Waals surface area contributed by atoms with Gasteiger partial charge >= 0.3 is 12.0 Å². The Balaban J connectivity index is 2.58. The zero-order chi connectivity index (χ0) is 17.6. The number of methoxy groups -OCH3 is 2. The third-order valence-electron chi connectivity index (χ3n) is 3.51. The van der Waals surface area contributed by atoms with Crippen molar-refractivity contribution in [2.24, 2.45) is 5.41 Å². The number of nitrogens with one attached hydrogen (secondary N) is 2. The molecular weight excluding hydrogens is 320 g/mol. The Morgan fingerprint density at radius 1 is 1.26 bits per heavy atom. The van der Waals surface area contributed by atoms with Crippen LogP contribution in [0.3, 0.4) is 0 Å². The Kier molecular flexibility index (Phi) is 6.69. The minimum absolute atomic E-state index is 0.312. The summed E-state index contributed by atoms with van der Waals surface area (Å²) >= 11 is 6.11. The van der Waals surface area contributed by atoms with Crippen LogP contribution in [-0.2, 0) is 9.53 Å². The fourth-order valence-corrected chi connectivity index (χ4v) is 2.21. The zero-order valence-electron chi connectivity index (χ0n) is 14.1. The van der Waals surface area contributed by atoms with Crippen LogP contribution in [0.5, 0.6) is 5.75 Å². The molecule has 1 aromatic carbocycles. The molecular formula is C16H23ClN2O4. The van der Waals surface area contributed by atoms with Crippen molar-refractivity contribution in [1.82, 2.24) is 5.32 Å². The Labute approximate surface area is 141 Å². The third-order valence-corrected chi connectivity index (χ3v) is 3.82. The molecule has 128 valence electrons. The van der Waals surface area contributed by atoms with Gasteiger partial charge in [0.15, 0.2) is 0 Å². The van der Waals surface area contributed by atoms with Crippen molar-refractivity contribution in [2.45, 2.75) is 27.2 Å². The number of carbonyl (C=O) groups excluding carboxylic acids is 2. The van der Waals surface area contributed by atoms with Gasteiger partial charge in [-0.3, -0.25) is 4.79 Å². The summed E-state index contributed by atoms with van der Waals surface area (Å²) in [6.07, 6.45) is 0.461. The maximum Gasteiger partial charge on any atom is 0.319 e. The Hall–Kier alpha value is -1.95. The third kappa shape index (κ3) is 5.32. The van der Waals surface area contributed by atoms with Crippen molar-refractivity contribution in [3.63, 3.8) is 0 Å². The molecule has 0 bridgehead atoms. The second-order valence-corrected chi connectivity index (χ2v) is 6.22. The molecule has 6 nitrogen and oxygen atoms in total. The predicted molar refractivity (Wildman–Crippen MR) is 90.2 cm³/mol. The molecule has 0 saturated heterocycles. The summed E-state index contributed by atoms with van der Waals surface area (Å²) in [5, 5.41) is 5.76. The van der Waals surface area contributed by atoms with E-state index in [9.17, 15) is 9.59 Å². The number of hydrogen-bond donors (Lipinski definition) is 2. The Morgan fingerprint density at radius 2 is 1.91 bits per heavy atom. The van der Waals surface area contributed by atoms with Gasteiger partial charge in [-0.2, -0.15) is 0 Å². The molecule has 0 heterocycles. The van der Waals surface area contributed by atoms with Gasteiger partial charge in [0.05, 0.1) is 30.3 Å². The standard InChI is InChI=1S/C16H23ClN2O4/c1-10-8-12(11(17)9-13(10)22-4)19-15(21)18-7-6-16(2,3)14(20)23-5/h8-9H,6-7H2,1-5H3,(H2,18,19,21). The monoisotopic (exact) mass is 342 g/mol. The predicted octanol–water partition coefficient (Wildman–Crippen LogP) is 3.37. The van der Waals surface area contributed by atoms with Gasteiger partial charge in [0.25, 0.3) is 0 Å². The molecule has 2 amide bonds. The van der Waals surface area contributed by atoms with Gasteiger partial charge in [-0.15, -0.1) is 0 Å². The van der Waals surface area contributed by atoms with E-state index in [2.05, 4.69) is 10.6 Å². The number of anilines is 1. The van der Waals surface area contributed by atoms with Crippen molar-refractivity contribution in [3.8, 4) is 5.75 Å². The van der Waals surface area contributed by atoms with E-state index in [0.29, 0.717) is 29.4 Å². The number of hydrogen-bond acceptors (Lipinski definition) is 4. The molecule has 2 N–H and O–H groups in total. The summed E-state index contributed by atoms with van der Waals surface area (Å²) in [4.78, 5) is 23.5. The number of benzene rings is 1. The maximum absolute atomic E-state index is 11.9. The first kappa shape index (κ1) is 19.1.